The molecule has 0 aromatic heterocycles. The molecule has 25 heavy (non-hydrogen) atoms. The molecular weight excluding hydrogens is 325 g/mol. The van der Waals surface area contributed by atoms with E-state index in [1.165, 1.54) is 57.1 Å². The van der Waals surface area contributed by atoms with E-state index in [0.717, 1.165) is 30.7 Å². The predicted molar refractivity (Wildman–Crippen MR) is 93.4 cm³/mol. The van der Waals surface area contributed by atoms with E-state index in [-0.39, 0.29) is 12.4 Å². The molecule has 0 amide bonds. The lowest BCUT2D eigenvalue weighted by Gasteiger charge is -2.36. The lowest BCUT2D eigenvalue weighted by Crippen LogP contribution is -2.26. The van der Waals surface area contributed by atoms with Crippen molar-refractivity contribution < 1.29 is 17.9 Å². The van der Waals surface area contributed by atoms with Gasteiger partial charge in [-0.3, -0.25) is 0 Å². The summed E-state index contributed by atoms with van der Waals surface area (Å²) in [6.07, 6.45) is 10.9. The molecule has 1 aromatic rings. The van der Waals surface area contributed by atoms with Crippen LogP contribution in [0.4, 0.5) is 13.2 Å². The largest absolute Gasteiger partial charge is 0.487 e. The highest BCUT2D eigenvalue weighted by atomic mass is 19.2. The minimum atomic E-state index is -1.13. The summed E-state index contributed by atoms with van der Waals surface area (Å²) >= 11 is 0. The maximum Gasteiger partial charge on any atom is 0.200 e. The van der Waals surface area contributed by atoms with Crippen LogP contribution in [0.15, 0.2) is 18.2 Å². The van der Waals surface area contributed by atoms with Gasteiger partial charge in [-0.15, -0.1) is 0 Å². The van der Waals surface area contributed by atoms with Crippen LogP contribution in [0, 0.1) is 29.4 Å². The molecule has 0 aliphatic heterocycles. The van der Waals surface area contributed by atoms with E-state index in [0.29, 0.717) is 12.3 Å². The Hall–Kier alpha value is -1.19. The van der Waals surface area contributed by atoms with Gasteiger partial charge in [0.2, 0.25) is 5.82 Å². The summed E-state index contributed by atoms with van der Waals surface area (Å²) < 4.78 is 46.0. The molecule has 3 rings (SSSR count). The van der Waals surface area contributed by atoms with E-state index < -0.39 is 17.8 Å². The Balaban J connectivity index is 1.39. The summed E-state index contributed by atoms with van der Waals surface area (Å²) in [4.78, 5) is 0. The van der Waals surface area contributed by atoms with Crippen LogP contribution in [-0.4, -0.2) is 12.8 Å². The molecule has 2 fully saturated rings. The first kappa shape index (κ1) is 18.6. The maximum atomic E-state index is 14.2. The second-order valence-corrected chi connectivity index (χ2v) is 7.87. The Labute approximate surface area is 149 Å². The number of alkyl halides is 1. The van der Waals surface area contributed by atoms with Crippen LogP contribution in [0.5, 0.6) is 5.75 Å². The number of hydrogen-bond acceptors (Lipinski definition) is 1. The number of hydrogen-bond donors (Lipinski definition) is 0. The van der Waals surface area contributed by atoms with E-state index in [4.69, 9.17) is 4.74 Å². The molecule has 1 aromatic carbocycles. The number of benzene rings is 1. The molecule has 2 saturated carbocycles. The van der Waals surface area contributed by atoms with Crippen LogP contribution < -0.4 is 4.74 Å². The molecule has 0 bridgehead atoms. The highest BCUT2D eigenvalue weighted by Gasteiger charge is 2.29. The van der Waals surface area contributed by atoms with Gasteiger partial charge in [0.25, 0.3) is 0 Å². The van der Waals surface area contributed by atoms with Crippen molar-refractivity contribution in [3.63, 3.8) is 0 Å². The van der Waals surface area contributed by atoms with Gasteiger partial charge in [0.15, 0.2) is 11.6 Å². The summed E-state index contributed by atoms with van der Waals surface area (Å²) in [5.74, 6) is -0.0708. The number of halogens is 3. The molecule has 0 saturated heterocycles. The lowest BCUT2D eigenvalue weighted by molar-refractivity contribution is 0.122. The van der Waals surface area contributed by atoms with Crippen LogP contribution in [0.25, 0.3) is 0 Å². The Morgan fingerprint density at radius 2 is 1.60 bits per heavy atom. The van der Waals surface area contributed by atoms with Crippen molar-refractivity contribution in [3.8, 4) is 5.75 Å². The normalized spacial score (nSPS) is 26.4. The summed E-state index contributed by atoms with van der Waals surface area (Å²) in [5, 5.41) is 0. The highest BCUT2D eigenvalue weighted by molar-refractivity contribution is 5.25. The van der Waals surface area contributed by atoms with Crippen LogP contribution in [0.1, 0.15) is 64.2 Å². The topological polar surface area (TPSA) is 9.23 Å². The van der Waals surface area contributed by atoms with Gasteiger partial charge in [-0.2, -0.15) is 4.39 Å². The first-order valence-electron chi connectivity index (χ1n) is 9.84. The van der Waals surface area contributed by atoms with Crippen LogP contribution >= 0.6 is 0 Å². The van der Waals surface area contributed by atoms with Crippen molar-refractivity contribution in [2.24, 2.45) is 17.8 Å². The molecule has 2 aliphatic rings. The van der Waals surface area contributed by atoms with E-state index in [9.17, 15) is 13.2 Å². The molecule has 0 heterocycles. The fraction of sp³-hybridized carbons (Fsp3) is 0.714. The van der Waals surface area contributed by atoms with Gasteiger partial charge in [0.05, 0.1) is 0 Å². The number of ether oxygens (including phenoxy) is 1. The first-order chi connectivity index (χ1) is 12.1. The Morgan fingerprint density at radius 1 is 0.920 bits per heavy atom. The summed E-state index contributed by atoms with van der Waals surface area (Å²) in [6, 6.07) is 3.73. The smallest absolute Gasteiger partial charge is 0.200 e. The summed E-state index contributed by atoms with van der Waals surface area (Å²) in [6.45, 7) is -0.205. The third-order valence-electron chi connectivity index (χ3n) is 6.13. The fourth-order valence-corrected chi connectivity index (χ4v) is 4.71. The standard InChI is InChI=1S/C21H29F3O/c22-18(14-25-20-8-4-7-19(23)21(20)24)13-15-9-11-17(12-10-15)16-5-2-1-3-6-16/h4,7-8,15-18H,1-3,5-6,9-14H2. The fourth-order valence-electron chi connectivity index (χ4n) is 4.71. The van der Waals surface area contributed by atoms with Crippen molar-refractivity contribution in [2.75, 3.05) is 6.61 Å². The monoisotopic (exact) mass is 354 g/mol. The zero-order chi connectivity index (χ0) is 17.6. The first-order valence-corrected chi connectivity index (χ1v) is 9.84. The zero-order valence-electron chi connectivity index (χ0n) is 14.9. The average Bonchev–Trinajstić information content (AvgIpc) is 2.64. The molecule has 140 valence electrons. The molecule has 1 nitrogen and oxygen atoms in total. The maximum absolute atomic E-state index is 14.2. The van der Waals surface area contributed by atoms with Crippen molar-refractivity contribution >= 4 is 0 Å². The van der Waals surface area contributed by atoms with Crippen molar-refractivity contribution in [1.82, 2.24) is 0 Å². The predicted octanol–water partition coefficient (Wildman–Crippen LogP) is 6.46. The molecular formula is C21H29F3O. The molecule has 0 N–H and O–H groups in total. The Kier molecular flexibility index (Phi) is 6.66. The van der Waals surface area contributed by atoms with Gasteiger partial charge in [0, 0.05) is 0 Å². The molecule has 0 spiro atoms. The highest BCUT2D eigenvalue weighted by Crippen LogP contribution is 2.41. The SMILES string of the molecule is Fc1cccc(OCC(F)CC2CCC(C3CCCCC3)CC2)c1F. The molecule has 0 radical (unpaired) electrons. The Morgan fingerprint density at radius 3 is 2.32 bits per heavy atom. The zero-order valence-corrected chi connectivity index (χ0v) is 14.9. The second-order valence-electron chi connectivity index (χ2n) is 7.87. The summed E-state index contributed by atoms with van der Waals surface area (Å²) in [5.41, 5.74) is 0. The van der Waals surface area contributed by atoms with Gasteiger partial charge in [0.1, 0.15) is 12.8 Å². The van der Waals surface area contributed by atoms with E-state index in [2.05, 4.69) is 0 Å². The van der Waals surface area contributed by atoms with Gasteiger partial charge < -0.3 is 4.74 Å². The van der Waals surface area contributed by atoms with E-state index in [1.807, 2.05) is 0 Å². The minimum Gasteiger partial charge on any atom is -0.487 e. The van der Waals surface area contributed by atoms with Crippen molar-refractivity contribution in [2.45, 2.75) is 70.4 Å². The van der Waals surface area contributed by atoms with Gasteiger partial charge in [-0.1, -0.05) is 51.0 Å². The molecule has 2 aliphatic carbocycles. The van der Waals surface area contributed by atoms with E-state index >= 15 is 0 Å². The van der Waals surface area contributed by atoms with Crippen molar-refractivity contribution in [1.29, 1.82) is 0 Å². The van der Waals surface area contributed by atoms with Gasteiger partial charge >= 0.3 is 0 Å². The average molecular weight is 354 g/mol. The number of rotatable bonds is 6. The molecule has 4 heteroatoms. The second kappa shape index (κ2) is 8.95. The van der Waals surface area contributed by atoms with Crippen LogP contribution in [-0.2, 0) is 0 Å². The quantitative estimate of drug-likeness (QED) is 0.570. The molecule has 1 unspecified atom stereocenters. The minimum absolute atomic E-state index is 0.205. The summed E-state index contributed by atoms with van der Waals surface area (Å²) in [7, 11) is 0. The van der Waals surface area contributed by atoms with Gasteiger partial charge in [-0.25, -0.2) is 8.78 Å². The van der Waals surface area contributed by atoms with Crippen LogP contribution in [0.3, 0.4) is 0 Å². The Bertz CT molecular complexity index is 534. The molecule has 1 atom stereocenters. The van der Waals surface area contributed by atoms with E-state index in [1.54, 1.807) is 0 Å². The lowest BCUT2D eigenvalue weighted by atomic mass is 9.70. The third kappa shape index (κ3) is 5.15. The van der Waals surface area contributed by atoms with Gasteiger partial charge in [-0.05, 0) is 49.1 Å². The van der Waals surface area contributed by atoms with Crippen molar-refractivity contribution in [3.05, 3.63) is 29.8 Å². The van der Waals surface area contributed by atoms with Crippen LogP contribution in [0.2, 0.25) is 0 Å². The third-order valence-corrected chi connectivity index (χ3v) is 6.13.